The zero-order valence-electron chi connectivity index (χ0n) is 32.7. The fourth-order valence-electron chi connectivity index (χ4n) is 4.89. The summed E-state index contributed by atoms with van der Waals surface area (Å²) < 4.78 is 21.9. The van der Waals surface area contributed by atoms with Crippen LogP contribution in [-0.2, 0) is 0 Å². The second-order valence-electron chi connectivity index (χ2n) is 12.4. The van der Waals surface area contributed by atoms with Gasteiger partial charge in [-0.05, 0) is 111 Å². The van der Waals surface area contributed by atoms with Gasteiger partial charge in [-0.25, -0.2) is 0 Å². The monoisotopic (exact) mass is 801 g/mol. The molecule has 0 saturated heterocycles. The second kappa shape index (κ2) is 23.0. The van der Waals surface area contributed by atoms with Crippen LogP contribution in [-0.4, -0.2) is 44.1 Å². The predicted molar refractivity (Wildman–Crippen MR) is 234 cm³/mol. The summed E-state index contributed by atoms with van der Waals surface area (Å²) >= 11 is 0. The van der Waals surface area contributed by atoms with Crippen LogP contribution in [0.4, 0.5) is 0 Å². The number of amidine groups is 1. The fraction of sp³-hybridized carbons (Fsp3) is 0.111. The molecule has 0 radical (unpaired) electrons. The van der Waals surface area contributed by atoms with E-state index in [2.05, 4.69) is 10.2 Å². The molecule has 0 atom stereocenters. The van der Waals surface area contributed by atoms with Gasteiger partial charge in [-0.1, -0.05) is 59.7 Å². The van der Waals surface area contributed by atoms with Crippen molar-refractivity contribution in [3.8, 4) is 34.5 Å². The maximum Gasteiger partial charge on any atom is 0.211 e. The zero-order chi connectivity index (χ0) is 41.2. The number of nitrogens with two attached hydrogens (primary N) is 4. The summed E-state index contributed by atoms with van der Waals surface area (Å²) in [5.41, 5.74) is 26.5. The van der Waals surface area contributed by atoms with E-state index in [0.29, 0.717) is 34.1 Å². The van der Waals surface area contributed by atoms with E-state index in [1.165, 1.54) is 0 Å². The van der Waals surface area contributed by atoms with E-state index in [0.717, 1.165) is 39.5 Å². The number of ketones is 1. The SMILES string of the molecule is COc1ccc(Oc2ccc(/C(=N\N=C(N)N)c3ccc(C)cc3)cc2)cc1.COc1ccc(Oc2ccc(C(=O)c3ccc(C)cc3)cc2)cc1.Cl.N=C(N)CN. The van der Waals surface area contributed by atoms with Crippen LogP contribution in [0.3, 0.4) is 0 Å². The van der Waals surface area contributed by atoms with Gasteiger partial charge in [-0.3, -0.25) is 10.2 Å². The number of rotatable bonds is 12. The number of carbonyl (C=O) groups is 1. The Kier molecular flexibility index (Phi) is 18.0. The Morgan fingerprint density at radius 2 is 0.776 bits per heavy atom. The quantitative estimate of drug-likeness (QED) is 0.0350. The van der Waals surface area contributed by atoms with Crippen LogP contribution in [0.5, 0.6) is 34.5 Å². The van der Waals surface area contributed by atoms with Crippen LogP contribution >= 0.6 is 12.4 Å². The minimum absolute atomic E-state index is 0. The molecule has 0 aliphatic heterocycles. The zero-order valence-corrected chi connectivity index (χ0v) is 33.5. The Morgan fingerprint density at radius 1 is 0.500 bits per heavy atom. The molecule has 58 heavy (non-hydrogen) atoms. The number of guanidine groups is 1. The van der Waals surface area contributed by atoms with Crippen molar-refractivity contribution in [3.05, 3.63) is 179 Å². The van der Waals surface area contributed by atoms with Gasteiger partial charge in [-0.15, -0.1) is 22.6 Å². The summed E-state index contributed by atoms with van der Waals surface area (Å²) in [6, 6.07) is 45.1. The third-order valence-electron chi connectivity index (χ3n) is 7.96. The standard InChI is InChI=1S/C22H22N4O2.C21H18O3.C2H7N3.ClH/c1-15-3-5-16(6-4-15)21(25-26-22(23)24)17-7-9-19(10-8-17)28-20-13-11-18(27-2)12-14-20;1-15-3-5-16(6-4-15)21(22)17-7-9-19(10-8-17)24-20-13-11-18(23-2)12-14-20;3-1-2(4)5;/h3-14H,1-2H3,(H4,23,24,26);3-14H,1-2H3;1,3H2,(H3,4,5);1H/b25-21-;;;. The Labute approximate surface area is 345 Å². The molecule has 6 aromatic rings. The average molecular weight is 802 g/mol. The van der Waals surface area contributed by atoms with Crippen LogP contribution in [0.15, 0.2) is 156 Å². The molecular formula is C45H48ClN7O5. The molecule has 0 amide bonds. The Bertz CT molecular complexity index is 2240. The first-order chi connectivity index (χ1) is 27.5. The van der Waals surface area contributed by atoms with E-state index in [1.807, 2.05) is 135 Å². The molecule has 300 valence electrons. The highest BCUT2D eigenvalue weighted by Crippen LogP contribution is 2.26. The number of aryl methyl sites for hydroxylation is 2. The van der Waals surface area contributed by atoms with Crippen LogP contribution in [0, 0.1) is 19.3 Å². The molecule has 0 heterocycles. The van der Waals surface area contributed by atoms with Crippen molar-refractivity contribution in [2.45, 2.75) is 13.8 Å². The highest BCUT2D eigenvalue weighted by Gasteiger charge is 2.10. The molecule has 9 N–H and O–H groups in total. The molecular weight excluding hydrogens is 754 g/mol. The Hall–Kier alpha value is -7.15. The summed E-state index contributed by atoms with van der Waals surface area (Å²) in [6.45, 7) is 4.20. The lowest BCUT2D eigenvalue weighted by atomic mass is 10.0. The van der Waals surface area contributed by atoms with Gasteiger partial charge < -0.3 is 41.9 Å². The van der Waals surface area contributed by atoms with Gasteiger partial charge in [0, 0.05) is 22.3 Å². The molecule has 0 fully saturated rings. The van der Waals surface area contributed by atoms with E-state index in [4.69, 9.17) is 47.3 Å². The first-order valence-corrected chi connectivity index (χ1v) is 17.7. The molecule has 0 aliphatic rings. The van der Waals surface area contributed by atoms with Gasteiger partial charge in [-0.2, -0.15) is 0 Å². The average Bonchev–Trinajstić information content (AvgIpc) is 3.23. The number of carbonyl (C=O) groups excluding carboxylic acids is 1. The third kappa shape index (κ3) is 14.5. The number of nitrogens with one attached hydrogen (secondary N) is 1. The van der Waals surface area contributed by atoms with Crippen molar-refractivity contribution in [2.24, 2.45) is 33.1 Å². The van der Waals surface area contributed by atoms with Crippen molar-refractivity contribution >= 4 is 35.7 Å². The van der Waals surface area contributed by atoms with Gasteiger partial charge in [0.05, 0.1) is 20.8 Å². The first kappa shape index (κ1) is 45.2. The molecule has 6 aromatic carbocycles. The summed E-state index contributed by atoms with van der Waals surface area (Å²) in [5.74, 6) is 4.33. The third-order valence-corrected chi connectivity index (χ3v) is 7.96. The molecule has 0 aromatic heterocycles. The van der Waals surface area contributed by atoms with Gasteiger partial charge in [0.1, 0.15) is 46.0 Å². The van der Waals surface area contributed by atoms with Crippen molar-refractivity contribution in [1.82, 2.24) is 0 Å². The largest absolute Gasteiger partial charge is 0.497 e. The number of hydrogen-bond donors (Lipinski definition) is 5. The van der Waals surface area contributed by atoms with E-state index in [1.54, 1.807) is 38.5 Å². The molecule has 0 aliphatic carbocycles. The summed E-state index contributed by atoms with van der Waals surface area (Å²) in [4.78, 5) is 12.4. The maximum absolute atomic E-state index is 12.4. The van der Waals surface area contributed by atoms with Crippen LogP contribution in [0.25, 0.3) is 0 Å². The maximum atomic E-state index is 12.4. The summed E-state index contributed by atoms with van der Waals surface area (Å²) in [7, 11) is 3.25. The van der Waals surface area contributed by atoms with E-state index >= 15 is 0 Å². The van der Waals surface area contributed by atoms with Gasteiger partial charge in [0.15, 0.2) is 5.78 Å². The predicted octanol–water partition coefficient (Wildman–Crippen LogP) is 8.15. The highest BCUT2D eigenvalue weighted by atomic mass is 35.5. The van der Waals surface area contributed by atoms with E-state index in [9.17, 15) is 4.79 Å². The van der Waals surface area contributed by atoms with Crippen molar-refractivity contribution in [2.75, 3.05) is 20.8 Å². The lowest BCUT2D eigenvalue weighted by Crippen LogP contribution is -2.22. The van der Waals surface area contributed by atoms with Crippen molar-refractivity contribution in [3.63, 3.8) is 0 Å². The lowest BCUT2D eigenvalue weighted by Gasteiger charge is -2.09. The number of ether oxygens (including phenoxy) is 4. The van der Waals surface area contributed by atoms with Crippen LogP contribution in [0.2, 0.25) is 0 Å². The second-order valence-corrected chi connectivity index (χ2v) is 12.4. The van der Waals surface area contributed by atoms with Gasteiger partial charge in [0.25, 0.3) is 0 Å². The van der Waals surface area contributed by atoms with Crippen LogP contribution in [0.1, 0.15) is 38.2 Å². The first-order valence-electron chi connectivity index (χ1n) is 17.7. The topological polar surface area (TPSA) is 207 Å². The molecule has 0 bridgehead atoms. The van der Waals surface area contributed by atoms with Crippen molar-refractivity contribution in [1.29, 1.82) is 5.41 Å². The smallest absolute Gasteiger partial charge is 0.211 e. The molecule has 13 heteroatoms. The van der Waals surface area contributed by atoms with Crippen molar-refractivity contribution < 1.29 is 23.7 Å². The highest BCUT2D eigenvalue weighted by molar-refractivity contribution is 6.13. The summed E-state index contributed by atoms with van der Waals surface area (Å²) in [5, 5.41) is 14.4. The molecule has 0 unspecified atom stereocenters. The molecule has 0 spiro atoms. The number of hydrogen-bond acceptors (Lipinski definition) is 9. The number of nitrogens with zero attached hydrogens (tertiary/aromatic N) is 2. The minimum atomic E-state index is -0.0935. The molecule has 12 nitrogen and oxygen atoms in total. The lowest BCUT2D eigenvalue weighted by molar-refractivity contribution is 0.103. The van der Waals surface area contributed by atoms with Gasteiger partial charge in [0.2, 0.25) is 5.96 Å². The molecule has 0 saturated carbocycles. The number of benzene rings is 6. The van der Waals surface area contributed by atoms with Gasteiger partial charge >= 0.3 is 0 Å². The number of methoxy groups -OCH3 is 2. The molecule has 6 rings (SSSR count). The fourth-order valence-corrected chi connectivity index (χ4v) is 4.89. The Morgan fingerprint density at radius 3 is 1.09 bits per heavy atom. The van der Waals surface area contributed by atoms with E-state index < -0.39 is 0 Å². The Balaban J connectivity index is 0.000000276. The van der Waals surface area contributed by atoms with E-state index in [-0.39, 0.29) is 36.5 Å². The normalized spacial score (nSPS) is 10.2. The van der Waals surface area contributed by atoms with Crippen LogP contribution < -0.4 is 41.9 Å². The minimum Gasteiger partial charge on any atom is -0.497 e. The summed E-state index contributed by atoms with van der Waals surface area (Å²) in [6.07, 6.45) is 0. The number of halogens is 1.